The van der Waals surface area contributed by atoms with Gasteiger partial charge in [0.2, 0.25) is 11.8 Å². The summed E-state index contributed by atoms with van der Waals surface area (Å²) in [6.45, 7) is 3.41. The highest BCUT2D eigenvalue weighted by molar-refractivity contribution is 6.06. The third-order valence-corrected chi connectivity index (χ3v) is 3.23. The number of hydrogen-bond donors (Lipinski definition) is 2. The lowest BCUT2D eigenvalue weighted by atomic mass is 9.88. The van der Waals surface area contributed by atoms with E-state index in [1.54, 1.807) is 6.92 Å². The third kappa shape index (κ3) is 2.10. The fraction of sp³-hybridized carbons (Fsp3) is 0.700. The van der Waals surface area contributed by atoms with Gasteiger partial charge in [-0.3, -0.25) is 15.0 Å². The van der Waals surface area contributed by atoms with Gasteiger partial charge in [0.05, 0.1) is 7.11 Å². The van der Waals surface area contributed by atoms with E-state index in [9.17, 15) is 14.4 Å². The first-order valence-electron chi connectivity index (χ1n) is 5.28. The summed E-state index contributed by atoms with van der Waals surface area (Å²) in [5.41, 5.74) is 0.781. The molecule has 1 aliphatic heterocycles. The van der Waals surface area contributed by atoms with Crippen molar-refractivity contribution in [3.63, 3.8) is 0 Å². The zero-order valence-corrected chi connectivity index (χ0v) is 10.1. The Balaban J connectivity index is 2.87. The van der Waals surface area contributed by atoms with Crippen LogP contribution in [0.1, 0.15) is 20.3 Å². The van der Waals surface area contributed by atoms with E-state index in [1.807, 2.05) is 5.43 Å². The average molecular weight is 243 g/mol. The molecule has 96 valence electrons. The SMILES string of the molecule is COC(=O)[C@@H](C)N1CCC(C)(C(=O)NN)C1=O. The van der Waals surface area contributed by atoms with Crippen molar-refractivity contribution in [3.05, 3.63) is 0 Å². The Labute approximate surface area is 99.2 Å². The summed E-state index contributed by atoms with van der Waals surface area (Å²) in [6, 6.07) is -0.695. The summed E-state index contributed by atoms with van der Waals surface area (Å²) in [6.07, 6.45) is 0.330. The molecule has 2 atom stereocenters. The molecule has 0 bridgehead atoms. The number of rotatable bonds is 3. The van der Waals surface area contributed by atoms with Gasteiger partial charge < -0.3 is 9.64 Å². The van der Waals surface area contributed by atoms with E-state index < -0.39 is 29.2 Å². The van der Waals surface area contributed by atoms with Crippen molar-refractivity contribution < 1.29 is 19.1 Å². The van der Waals surface area contributed by atoms with E-state index in [0.717, 1.165) is 0 Å². The van der Waals surface area contributed by atoms with E-state index in [4.69, 9.17) is 5.84 Å². The predicted molar refractivity (Wildman–Crippen MR) is 58.2 cm³/mol. The molecule has 0 spiro atoms. The van der Waals surface area contributed by atoms with Crippen LogP contribution in [0.2, 0.25) is 0 Å². The van der Waals surface area contributed by atoms with Gasteiger partial charge in [0.15, 0.2) is 0 Å². The van der Waals surface area contributed by atoms with Crippen LogP contribution in [0.3, 0.4) is 0 Å². The first-order chi connectivity index (χ1) is 7.88. The lowest BCUT2D eigenvalue weighted by Crippen LogP contribution is -2.49. The average Bonchev–Trinajstić information content (AvgIpc) is 2.64. The Hall–Kier alpha value is -1.63. The molecule has 0 saturated carbocycles. The molecule has 0 aromatic rings. The molecule has 1 unspecified atom stereocenters. The summed E-state index contributed by atoms with van der Waals surface area (Å²) in [5, 5.41) is 0. The smallest absolute Gasteiger partial charge is 0.328 e. The summed E-state index contributed by atoms with van der Waals surface area (Å²) >= 11 is 0. The fourth-order valence-corrected chi connectivity index (χ4v) is 1.91. The third-order valence-electron chi connectivity index (χ3n) is 3.23. The molecule has 0 aromatic carbocycles. The highest BCUT2D eigenvalue weighted by Crippen LogP contribution is 2.32. The lowest BCUT2D eigenvalue weighted by Gasteiger charge is -2.25. The van der Waals surface area contributed by atoms with Gasteiger partial charge in [0.1, 0.15) is 11.5 Å². The molecule has 3 N–H and O–H groups in total. The van der Waals surface area contributed by atoms with Crippen LogP contribution in [0, 0.1) is 5.41 Å². The molecule has 7 heteroatoms. The molecule has 17 heavy (non-hydrogen) atoms. The Bertz CT molecular complexity index is 357. The molecule has 0 aliphatic carbocycles. The van der Waals surface area contributed by atoms with Crippen molar-refractivity contribution >= 4 is 17.8 Å². The number of hydrazine groups is 1. The van der Waals surface area contributed by atoms with Gasteiger partial charge in [-0.25, -0.2) is 10.6 Å². The number of carbonyl (C=O) groups excluding carboxylic acids is 3. The van der Waals surface area contributed by atoms with Crippen molar-refractivity contribution in [2.45, 2.75) is 26.3 Å². The van der Waals surface area contributed by atoms with Gasteiger partial charge in [-0.05, 0) is 20.3 Å². The van der Waals surface area contributed by atoms with Crippen LogP contribution in [-0.2, 0) is 19.1 Å². The summed E-state index contributed by atoms with van der Waals surface area (Å²) in [7, 11) is 1.26. The van der Waals surface area contributed by atoms with Crippen LogP contribution in [-0.4, -0.2) is 42.4 Å². The van der Waals surface area contributed by atoms with Crippen LogP contribution in [0.15, 0.2) is 0 Å². The Morgan fingerprint density at radius 1 is 1.59 bits per heavy atom. The van der Waals surface area contributed by atoms with Crippen molar-refractivity contribution in [2.75, 3.05) is 13.7 Å². The number of nitrogens with one attached hydrogen (secondary N) is 1. The molecule has 1 aliphatic rings. The van der Waals surface area contributed by atoms with Crippen LogP contribution < -0.4 is 11.3 Å². The van der Waals surface area contributed by atoms with Gasteiger partial charge in [-0.2, -0.15) is 0 Å². The number of nitrogens with two attached hydrogens (primary N) is 1. The fourth-order valence-electron chi connectivity index (χ4n) is 1.91. The number of amides is 2. The monoisotopic (exact) mass is 243 g/mol. The van der Waals surface area contributed by atoms with Gasteiger partial charge in [-0.15, -0.1) is 0 Å². The minimum atomic E-state index is -1.20. The van der Waals surface area contributed by atoms with Gasteiger partial charge in [-0.1, -0.05) is 0 Å². The zero-order chi connectivity index (χ0) is 13.2. The Morgan fingerprint density at radius 2 is 2.18 bits per heavy atom. The van der Waals surface area contributed by atoms with E-state index in [1.165, 1.54) is 18.9 Å². The molecule has 0 aromatic heterocycles. The van der Waals surface area contributed by atoms with Crippen molar-refractivity contribution in [1.29, 1.82) is 0 Å². The summed E-state index contributed by atoms with van der Waals surface area (Å²) in [5.74, 6) is 3.60. The molecule has 7 nitrogen and oxygen atoms in total. The topological polar surface area (TPSA) is 102 Å². The number of methoxy groups -OCH3 is 1. The van der Waals surface area contributed by atoms with Crippen LogP contribution >= 0.6 is 0 Å². The number of esters is 1. The van der Waals surface area contributed by atoms with Crippen LogP contribution in [0.4, 0.5) is 0 Å². The number of ether oxygens (including phenoxy) is 1. The largest absolute Gasteiger partial charge is 0.467 e. The number of nitrogens with zero attached hydrogens (tertiary/aromatic N) is 1. The van der Waals surface area contributed by atoms with E-state index in [-0.39, 0.29) is 0 Å². The standard InChI is InChI=1S/C10H17N3O4/c1-6(7(14)17-3)13-5-4-10(2,9(13)16)8(15)12-11/h6H,4-5,11H2,1-3H3,(H,12,15)/t6-,10?/m1/s1. The van der Waals surface area contributed by atoms with Crippen molar-refractivity contribution in [1.82, 2.24) is 10.3 Å². The second kappa shape index (κ2) is 4.70. The van der Waals surface area contributed by atoms with Crippen molar-refractivity contribution in [3.8, 4) is 0 Å². The Morgan fingerprint density at radius 3 is 2.65 bits per heavy atom. The van der Waals surface area contributed by atoms with Gasteiger partial charge >= 0.3 is 5.97 Å². The molecular weight excluding hydrogens is 226 g/mol. The first kappa shape index (κ1) is 13.4. The molecular formula is C10H17N3O4. The van der Waals surface area contributed by atoms with Crippen LogP contribution in [0.5, 0.6) is 0 Å². The molecule has 1 saturated heterocycles. The molecule has 1 rings (SSSR count). The number of carbonyl (C=O) groups is 3. The zero-order valence-electron chi connectivity index (χ0n) is 10.1. The van der Waals surface area contributed by atoms with E-state index in [0.29, 0.717) is 13.0 Å². The van der Waals surface area contributed by atoms with Crippen molar-refractivity contribution in [2.24, 2.45) is 11.3 Å². The quantitative estimate of drug-likeness (QED) is 0.213. The second-order valence-corrected chi connectivity index (χ2v) is 4.25. The summed E-state index contributed by atoms with van der Waals surface area (Å²) < 4.78 is 4.57. The van der Waals surface area contributed by atoms with E-state index in [2.05, 4.69) is 4.74 Å². The number of hydrogen-bond acceptors (Lipinski definition) is 5. The maximum atomic E-state index is 12.1. The lowest BCUT2D eigenvalue weighted by molar-refractivity contribution is -0.154. The maximum absolute atomic E-state index is 12.1. The van der Waals surface area contributed by atoms with Gasteiger partial charge in [0, 0.05) is 6.54 Å². The number of likely N-dealkylation sites (tertiary alicyclic amines) is 1. The molecule has 1 heterocycles. The predicted octanol–water partition coefficient (Wildman–Crippen LogP) is -1.22. The summed E-state index contributed by atoms with van der Waals surface area (Å²) in [4.78, 5) is 36.3. The van der Waals surface area contributed by atoms with Gasteiger partial charge in [0.25, 0.3) is 0 Å². The second-order valence-electron chi connectivity index (χ2n) is 4.25. The minimum absolute atomic E-state index is 0.330. The van der Waals surface area contributed by atoms with E-state index >= 15 is 0 Å². The van der Waals surface area contributed by atoms with Crippen LogP contribution in [0.25, 0.3) is 0 Å². The molecule has 1 fully saturated rings. The first-order valence-corrected chi connectivity index (χ1v) is 5.28. The maximum Gasteiger partial charge on any atom is 0.328 e. The highest BCUT2D eigenvalue weighted by atomic mass is 16.5. The highest BCUT2D eigenvalue weighted by Gasteiger charge is 2.50. The minimum Gasteiger partial charge on any atom is -0.467 e. The normalized spacial score (nSPS) is 25.6. The molecule has 2 amide bonds. The molecule has 0 radical (unpaired) electrons. The Kier molecular flexibility index (Phi) is 3.72.